The van der Waals surface area contributed by atoms with Crippen LogP contribution in [0, 0.1) is 5.92 Å². The lowest BCUT2D eigenvalue weighted by Crippen LogP contribution is -2.53. The van der Waals surface area contributed by atoms with E-state index in [4.69, 9.17) is 9.47 Å². The monoisotopic (exact) mass is 308 g/mol. The second-order valence-electron chi connectivity index (χ2n) is 4.89. The Kier molecular flexibility index (Phi) is 6.41. The normalized spacial score (nSPS) is 32.6. The van der Waals surface area contributed by atoms with Gasteiger partial charge < -0.3 is 14.6 Å². The van der Waals surface area contributed by atoms with Gasteiger partial charge in [-0.25, -0.2) is 0 Å². The molecule has 3 atom stereocenters. The maximum Gasteiger partial charge on any atom is 0.180 e. The minimum Gasteiger partial charge on any atom is -0.393 e. The van der Waals surface area contributed by atoms with Crippen molar-refractivity contribution in [2.75, 3.05) is 14.2 Å². The Labute approximate surface area is 113 Å². The lowest BCUT2D eigenvalue weighted by molar-refractivity contribution is -0.236. The van der Waals surface area contributed by atoms with Crippen molar-refractivity contribution in [2.24, 2.45) is 5.92 Å². The number of hydrogen-bond acceptors (Lipinski definition) is 3. The summed E-state index contributed by atoms with van der Waals surface area (Å²) in [5, 5.41) is 10.1. The second-order valence-corrected chi connectivity index (χ2v) is 5.87. The fraction of sp³-hybridized carbons (Fsp3) is 1.00. The number of halogens is 1. The van der Waals surface area contributed by atoms with E-state index in [9.17, 15) is 5.11 Å². The average Bonchev–Trinajstić information content (AvgIpc) is 2.35. The van der Waals surface area contributed by atoms with Gasteiger partial charge in [0.05, 0.1) is 10.9 Å². The maximum absolute atomic E-state index is 10.1. The van der Waals surface area contributed by atoms with E-state index in [-0.39, 0.29) is 16.8 Å². The Balaban J connectivity index is 2.65. The minimum absolute atomic E-state index is 0.0607. The van der Waals surface area contributed by atoms with E-state index in [0.717, 1.165) is 25.7 Å². The fourth-order valence-electron chi connectivity index (χ4n) is 2.70. The molecule has 1 aliphatic carbocycles. The first-order valence-corrected chi connectivity index (χ1v) is 7.45. The largest absolute Gasteiger partial charge is 0.393 e. The van der Waals surface area contributed by atoms with Crippen molar-refractivity contribution < 1.29 is 14.6 Å². The van der Waals surface area contributed by atoms with E-state index in [0.29, 0.717) is 0 Å². The van der Waals surface area contributed by atoms with Crippen LogP contribution in [0.1, 0.15) is 45.4 Å². The van der Waals surface area contributed by atoms with E-state index in [1.54, 1.807) is 14.2 Å². The molecule has 1 aliphatic rings. The zero-order valence-corrected chi connectivity index (χ0v) is 12.7. The molecular weight excluding hydrogens is 284 g/mol. The predicted molar refractivity (Wildman–Crippen MR) is 72.3 cm³/mol. The highest BCUT2D eigenvalue weighted by molar-refractivity contribution is 9.09. The summed E-state index contributed by atoms with van der Waals surface area (Å²) in [5.74, 6) is -0.356. The molecule has 0 aromatic heterocycles. The van der Waals surface area contributed by atoms with Gasteiger partial charge >= 0.3 is 0 Å². The second kappa shape index (κ2) is 7.07. The molecule has 0 aliphatic heterocycles. The summed E-state index contributed by atoms with van der Waals surface area (Å²) in [6.45, 7) is 2.19. The highest BCUT2D eigenvalue weighted by Gasteiger charge is 2.48. The molecule has 0 saturated heterocycles. The molecule has 1 fully saturated rings. The number of rotatable bonds is 6. The molecular formula is C13H25BrO3. The van der Waals surface area contributed by atoms with Crippen molar-refractivity contribution in [2.45, 2.75) is 62.2 Å². The Bertz CT molecular complexity index is 219. The number of alkyl halides is 1. The van der Waals surface area contributed by atoms with Gasteiger partial charge in [0.1, 0.15) is 0 Å². The Morgan fingerprint density at radius 1 is 1.29 bits per heavy atom. The molecule has 0 heterocycles. The molecule has 0 bridgehead atoms. The SMILES string of the molecule is CCCCCC1C(O)CCC(OC)(OC)C1Br. The minimum atomic E-state index is -0.573. The van der Waals surface area contributed by atoms with Crippen LogP contribution in [-0.2, 0) is 9.47 Å². The zero-order chi connectivity index (χ0) is 12.9. The molecule has 0 amide bonds. The third-order valence-electron chi connectivity index (χ3n) is 3.91. The van der Waals surface area contributed by atoms with Crippen LogP contribution >= 0.6 is 15.9 Å². The Morgan fingerprint density at radius 3 is 2.47 bits per heavy atom. The van der Waals surface area contributed by atoms with E-state index in [1.165, 1.54) is 12.8 Å². The van der Waals surface area contributed by atoms with Crippen LogP contribution in [0.2, 0.25) is 0 Å². The highest BCUT2D eigenvalue weighted by atomic mass is 79.9. The molecule has 1 N–H and O–H groups in total. The van der Waals surface area contributed by atoms with Crippen molar-refractivity contribution in [3.8, 4) is 0 Å². The highest BCUT2D eigenvalue weighted by Crippen LogP contribution is 2.42. The van der Waals surface area contributed by atoms with Gasteiger partial charge in [0.25, 0.3) is 0 Å². The van der Waals surface area contributed by atoms with Crippen LogP contribution in [0.25, 0.3) is 0 Å². The molecule has 1 saturated carbocycles. The Morgan fingerprint density at radius 2 is 1.94 bits per heavy atom. The summed E-state index contributed by atoms with van der Waals surface area (Å²) >= 11 is 3.68. The predicted octanol–water partition coefficient (Wildman–Crippen LogP) is 3.09. The van der Waals surface area contributed by atoms with E-state index in [1.807, 2.05) is 0 Å². The van der Waals surface area contributed by atoms with Crippen LogP contribution in [-0.4, -0.2) is 36.0 Å². The molecule has 3 nitrogen and oxygen atoms in total. The van der Waals surface area contributed by atoms with Gasteiger partial charge in [0.15, 0.2) is 5.79 Å². The molecule has 0 aromatic carbocycles. The van der Waals surface area contributed by atoms with Crippen LogP contribution in [0.5, 0.6) is 0 Å². The lowest BCUT2D eigenvalue weighted by atomic mass is 9.79. The summed E-state index contributed by atoms with van der Waals surface area (Å²) in [7, 11) is 3.36. The topological polar surface area (TPSA) is 38.7 Å². The molecule has 0 spiro atoms. The van der Waals surface area contributed by atoms with Crippen LogP contribution in [0.15, 0.2) is 0 Å². The van der Waals surface area contributed by atoms with Crippen molar-refractivity contribution in [1.29, 1.82) is 0 Å². The van der Waals surface area contributed by atoms with Gasteiger partial charge in [-0.1, -0.05) is 42.1 Å². The van der Waals surface area contributed by atoms with Gasteiger partial charge in [-0.15, -0.1) is 0 Å². The standard InChI is InChI=1S/C13H25BrO3/c1-4-5-6-7-10-11(15)8-9-13(16-2,17-3)12(10)14/h10-12,15H,4-9H2,1-3H3. The third kappa shape index (κ3) is 3.43. The van der Waals surface area contributed by atoms with Gasteiger partial charge in [0, 0.05) is 26.6 Å². The first kappa shape index (κ1) is 15.4. The molecule has 17 heavy (non-hydrogen) atoms. The number of unbranched alkanes of at least 4 members (excludes halogenated alkanes) is 2. The maximum atomic E-state index is 10.1. The van der Waals surface area contributed by atoms with Gasteiger partial charge in [0.2, 0.25) is 0 Å². The van der Waals surface area contributed by atoms with Crippen molar-refractivity contribution >= 4 is 15.9 Å². The molecule has 3 unspecified atom stereocenters. The molecule has 0 aromatic rings. The van der Waals surface area contributed by atoms with Crippen molar-refractivity contribution in [1.82, 2.24) is 0 Å². The summed E-state index contributed by atoms with van der Waals surface area (Å²) < 4.78 is 11.1. The van der Waals surface area contributed by atoms with E-state index >= 15 is 0 Å². The van der Waals surface area contributed by atoms with Crippen LogP contribution < -0.4 is 0 Å². The van der Waals surface area contributed by atoms with E-state index < -0.39 is 5.79 Å². The van der Waals surface area contributed by atoms with Gasteiger partial charge in [-0.2, -0.15) is 0 Å². The van der Waals surface area contributed by atoms with Crippen LogP contribution in [0.3, 0.4) is 0 Å². The summed E-state index contributed by atoms with van der Waals surface area (Å²) in [6.07, 6.45) is 5.85. The number of ether oxygens (including phenoxy) is 2. The fourth-order valence-corrected chi connectivity index (χ4v) is 3.92. The quantitative estimate of drug-likeness (QED) is 0.465. The average molecular weight is 309 g/mol. The molecule has 0 radical (unpaired) electrons. The van der Waals surface area contributed by atoms with Crippen molar-refractivity contribution in [3.05, 3.63) is 0 Å². The Hall–Kier alpha value is 0.360. The number of hydrogen-bond donors (Lipinski definition) is 1. The summed E-state index contributed by atoms with van der Waals surface area (Å²) in [5.41, 5.74) is 0. The molecule has 102 valence electrons. The van der Waals surface area contributed by atoms with E-state index in [2.05, 4.69) is 22.9 Å². The first-order chi connectivity index (χ1) is 8.11. The molecule has 1 rings (SSSR count). The first-order valence-electron chi connectivity index (χ1n) is 6.53. The van der Waals surface area contributed by atoms with Gasteiger partial charge in [-0.3, -0.25) is 0 Å². The smallest absolute Gasteiger partial charge is 0.180 e. The van der Waals surface area contributed by atoms with Crippen LogP contribution in [0.4, 0.5) is 0 Å². The van der Waals surface area contributed by atoms with Gasteiger partial charge in [-0.05, 0) is 12.8 Å². The summed E-state index contributed by atoms with van der Waals surface area (Å²) in [4.78, 5) is 0.0607. The zero-order valence-electron chi connectivity index (χ0n) is 11.1. The number of aliphatic hydroxyl groups excluding tert-OH is 1. The van der Waals surface area contributed by atoms with Crippen molar-refractivity contribution in [3.63, 3.8) is 0 Å². The molecule has 4 heteroatoms. The third-order valence-corrected chi connectivity index (χ3v) is 5.29. The lowest BCUT2D eigenvalue weighted by Gasteiger charge is -2.45. The number of methoxy groups -OCH3 is 2. The number of aliphatic hydroxyl groups is 1. The summed E-state index contributed by atoms with van der Waals surface area (Å²) in [6, 6.07) is 0.